The smallest absolute Gasteiger partial charge is 0.324 e. The first-order valence-corrected chi connectivity index (χ1v) is 3.29. The van der Waals surface area contributed by atoms with Crippen LogP contribution in [0.2, 0.25) is 0 Å². The number of hydrogen-bond acceptors (Lipinski definition) is 6. The van der Waals surface area contributed by atoms with Crippen LogP contribution in [-0.2, 0) is 0 Å². The first-order chi connectivity index (χ1) is 4.63. The fourth-order valence-corrected chi connectivity index (χ4v) is 0.209. The summed E-state index contributed by atoms with van der Waals surface area (Å²) in [6, 6.07) is 0. The van der Waals surface area contributed by atoms with E-state index in [1.165, 1.54) is 17.3 Å². The summed E-state index contributed by atoms with van der Waals surface area (Å²) in [7, 11) is -2.62. The van der Waals surface area contributed by atoms with Gasteiger partial charge in [-0.3, -0.25) is 0 Å². The van der Waals surface area contributed by atoms with Gasteiger partial charge in [-0.1, -0.05) is 0 Å². The molecule has 0 spiro atoms. The van der Waals surface area contributed by atoms with Crippen molar-refractivity contribution in [3.8, 4) is 0 Å². The molecule has 0 atom stereocenters. The lowest BCUT2D eigenvalue weighted by atomic mass is 11.3. The Morgan fingerprint density at radius 3 is 1.60 bits per heavy atom. The summed E-state index contributed by atoms with van der Waals surface area (Å²) in [5.41, 5.74) is 0. The van der Waals surface area contributed by atoms with Crippen molar-refractivity contribution in [2.24, 2.45) is 0 Å². The lowest BCUT2D eigenvalue weighted by Gasteiger charge is -1.76. The zero-order chi connectivity index (χ0) is 7.98. The Morgan fingerprint density at radius 1 is 1.20 bits per heavy atom. The lowest BCUT2D eigenvalue weighted by Crippen LogP contribution is -2.02. The molecule has 0 saturated carbocycles. The summed E-state index contributed by atoms with van der Waals surface area (Å²) in [6.07, 6.45) is 2.83. The van der Waals surface area contributed by atoms with Crippen molar-refractivity contribution in [2.75, 3.05) is 5.84 Å². The minimum atomic E-state index is -2.62. The summed E-state index contributed by atoms with van der Waals surface area (Å²) in [5.74, 6) is 5.07. The zero-order valence-electron chi connectivity index (χ0n) is 4.86. The Kier molecular flexibility index (Phi) is 4.69. The van der Waals surface area contributed by atoms with Gasteiger partial charge in [0.15, 0.2) is 0 Å². The fourth-order valence-electron chi connectivity index (χ4n) is 0.209. The van der Waals surface area contributed by atoms with Gasteiger partial charge in [0.25, 0.3) is 0 Å². The third-order valence-corrected chi connectivity index (χ3v) is 0.437. The van der Waals surface area contributed by atoms with Crippen LogP contribution in [-0.4, -0.2) is 29.6 Å². The molecule has 7 nitrogen and oxygen atoms in total. The van der Waals surface area contributed by atoms with Crippen molar-refractivity contribution in [1.29, 1.82) is 0 Å². The van der Waals surface area contributed by atoms with Crippen LogP contribution in [0.4, 0.5) is 0 Å². The van der Waals surface area contributed by atoms with Gasteiger partial charge in [0.1, 0.15) is 12.7 Å². The standard InChI is InChI=1S/C2H4N4.H3O3P/c3-6-1-4-5-2-6;1-4(2)3/h1-2H,3H2;1-3H. The number of nitrogens with zero attached hydrogens (tertiary/aromatic N) is 3. The molecule has 0 aliphatic heterocycles. The maximum Gasteiger partial charge on any atom is 0.324 e. The number of nitrogen functional groups attached to an aromatic ring is 1. The first kappa shape index (κ1) is 9.25. The van der Waals surface area contributed by atoms with E-state index in [1.54, 1.807) is 0 Å². The molecule has 0 aromatic carbocycles. The molecule has 10 heavy (non-hydrogen) atoms. The van der Waals surface area contributed by atoms with Crippen LogP contribution < -0.4 is 5.84 Å². The van der Waals surface area contributed by atoms with E-state index in [4.69, 9.17) is 20.5 Å². The number of rotatable bonds is 0. The van der Waals surface area contributed by atoms with Gasteiger partial charge in [-0.25, -0.2) is 4.68 Å². The van der Waals surface area contributed by atoms with E-state index in [0.717, 1.165) is 0 Å². The number of aromatic nitrogens is 3. The Hall–Kier alpha value is -0.750. The fraction of sp³-hybridized carbons (Fsp3) is 0. The molecule has 0 aliphatic carbocycles. The maximum atomic E-state index is 7.23. The average Bonchev–Trinajstić information content (AvgIpc) is 2.15. The molecule has 1 rings (SSSR count). The van der Waals surface area contributed by atoms with Crippen molar-refractivity contribution >= 4 is 8.60 Å². The summed E-state index contributed by atoms with van der Waals surface area (Å²) < 4.78 is 1.28. The van der Waals surface area contributed by atoms with Crippen LogP contribution >= 0.6 is 8.60 Å². The van der Waals surface area contributed by atoms with E-state index < -0.39 is 8.60 Å². The van der Waals surface area contributed by atoms with Gasteiger partial charge < -0.3 is 20.5 Å². The Bertz CT molecular complexity index is 151. The third kappa shape index (κ3) is 7.25. The predicted molar refractivity (Wildman–Crippen MR) is 33.7 cm³/mol. The Labute approximate surface area is 57.7 Å². The highest BCUT2D eigenvalue weighted by Crippen LogP contribution is 2.11. The molecular formula is C2H7N4O3P. The first-order valence-electron chi connectivity index (χ1n) is 2.09. The monoisotopic (exact) mass is 166 g/mol. The molecule has 0 amide bonds. The minimum Gasteiger partial charge on any atom is -0.337 e. The van der Waals surface area contributed by atoms with Crippen molar-refractivity contribution in [3.05, 3.63) is 12.7 Å². The molecule has 58 valence electrons. The second kappa shape index (κ2) is 5.07. The van der Waals surface area contributed by atoms with Gasteiger partial charge in [-0.05, 0) is 0 Å². The van der Waals surface area contributed by atoms with Crippen LogP contribution in [0.1, 0.15) is 0 Å². The van der Waals surface area contributed by atoms with E-state index in [0.29, 0.717) is 0 Å². The molecule has 0 fully saturated rings. The van der Waals surface area contributed by atoms with E-state index >= 15 is 0 Å². The van der Waals surface area contributed by atoms with Gasteiger partial charge in [-0.15, -0.1) is 10.2 Å². The number of hydrogen-bond donors (Lipinski definition) is 4. The maximum absolute atomic E-state index is 7.23. The summed E-state index contributed by atoms with van der Waals surface area (Å²) >= 11 is 0. The van der Waals surface area contributed by atoms with Gasteiger partial charge >= 0.3 is 8.60 Å². The molecule has 1 aromatic heterocycles. The van der Waals surface area contributed by atoms with Crippen molar-refractivity contribution < 1.29 is 14.7 Å². The highest BCUT2D eigenvalue weighted by molar-refractivity contribution is 7.38. The number of nitrogens with two attached hydrogens (primary N) is 1. The van der Waals surface area contributed by atoms with Crippen LogP contribution in [0.3, 0.4) is 0 Å². The van der Waals surface area contributed by atoms with E-state index in [1.807, 2.05) is 0 Å². The predicted octanol–water partition coefficient (Wildman–Crippen LogP) is -1.82. The molecule has 0 saturated heterocycles. The molecule has 5 N–H and O–H groups in total. The van der Waals surface area contributed by atoms with Crippen LogP contribution in [0, 0.1) is 0 Å². The second-order valence-electron chi connectivity index (χ2n) is 1.18. The molecule has 0 bridgehead atoms. The van der Waals surface area contributed by atoms with E-state index in [2.05, 4.69) is 10.2 Å². The molecule has 1 heterocycles. The van der Waals surface area contributed by atoms with Crippen LogP contribution in [0.15, 0.2) is 12.7 Å². The molecule has 0 radical (unpaired) electrons. The molecule has 0 aliphatic rings. The van der Waals surface area contributed by atoms with Gasteiger partial charge in [0, 0.05) is 0 Å². The molecule has 1 aromatic rings. The minimum absolute atomic E-state index is 1.28. The largest absolute Gasteiger partial charge is 0.337 e. The molecular weight excluding hydrogens is 159 g/mol. The van der Waals surface area contributed by atoms with E-state index in [9.17, 15) is 0 Å². The van der Waals surface area contributed by atoms with Crippen molar-refractivity contribution in [1.82, 2.24) is 14.9 Å². The quantitative estimate of drug-likeness (QED) is 0.266. The molecule has 0 unspecified atom stereocenters. The summed E-state index contributed by atoms with van der Waals surface area (Å²) in [4.78, 5) is 21.7. The van der Waals surface area contributed by atoms with Crippen LogP contribution in [0.25, 0.3) is 0 Å². The third-order valence-electron chi connectivity index (χ3n) is 0.437. The zero-order valence-corrected chi connectivity index (χ0v) is 5.76. The lowest BCUT2D eigenvalue weighted by molar-refractivity contribution is 0.368. The Balaban J connectivity index is 0.000000180. The average molecular weight is 166 g/mol. The van der Waals surface area contributed by atoms with Crippen molar-refractivity contribution in [3.63, 3.8) is 0 Å². The van der Waals surface area contributed by atoms with E-state index in [-0.39, 0.29) is 0 Å². The summed E-state index contributed by atoms with van der Waals surface area (Å²) in [6.45, 7) is 0. The normalized spacial score (nSPS) is 8.80. The SMILES string of the molecule is Nn1cnnc1.OP(O)O. The van der Waals surface area contributed by atoms with Gasteiger partial charge in [0.2, 0.25) is 0 Å². The Morgan fingerprint density at radius 2 is 1.50 bits per heavy atom. The van der Waals surface area contributed by atoms with Crippen molar-refractivity contribution in [2.45, 2.75) is 0 Å². The second-order valence-corrected chi connectivity index (χ2v) is 1.71. The van der Waals surface area contributed by atoms with Crippen LogP contribution in [0.5, 0.6) is 0 Å². The summed E-state index contributed by atoms with van der Waals surface area (Å²) in [5, 5.41) is 6.82. The highest BCUT2D eigenvalue weighted by atomic mass is 31.2. The van der Waals surface area contributed by atoms with Gasteiger partial charge in [0.05, 0.1) is 0 Å². The highest BCUT2D eigenvalue weighted by Gasteiger charge is 1.76. The van der Waals surface area contributed by atoms with Gasteiger partial charge in [-0.2, -0.15) is 0 Å². The topological polar surface area (TPSA) is 117 Å². The molecule has 8 heteroatoms.